The number of ketones is 1. The molecule has 3 aromatic heterocycles. The number of nitrogens with two attached hydrogens (primary N) is 1. The first-order valence-corrected chi connectivity index (χ1v) is 21.2. The van der Waals surface area contributed by atoms with Crippen molar-refractivity contribution in [1.29, 1.82) is 0 Å². The Kier molecular flexibility index (Phi) is 17.1. The Morgan fingerprint density at radius 1 is 0.852 bits per heavy atom. The number of carbonyl (C=O) groups is 9. The van der Waals surface area contributed by atoms with E-state index in [0.29, 0.717) is 31.5 Å². The molecule has 0 radical (unpaired) electrons. The highest BCUT2D eigenvalue weighted by Gasteiger charge is 2.31. The number of hydrogen-bond donors (Lipinski definition) is 9. The number of aryl methyl sites for hydroxylation is 2. The molecule has 20 nitrogen and oxygen atoms in total. The number of fused-ring (bicyclic) bond motifs is 3. The Morgan fingerprint density at radius 3 is 2.10 bits per heavy atom. The lowest BCUT2D eigenvalue weighted by molar-refractivity contribution is -0.135. The van der Waals surface area contributed by atoms with Crippen LogP contribution in [0.15, 0.2) is 30.2 Å². The second-order valence-corrected chi connectivity index (χ2v) is 16.5. The summed E-state index contributed by atoms with van der Waals surface area (Å²) in [4.78, 5) is 124. The minimum atomic E-state index is -1.20. The molecule has 0 aliphatic carbocycles. The van der Waals surface area contributed by atoms with E-state index in [0.717, 1.165) is 15.8 Å². The minimum absolute atomic E-state index is 0.0144. The largest absolute Gasteiger partial charge is 0.368 e. The summed E-state index contributed by atoms with van der Waals surface area (Å²) in [7, 11) is 0. The van der Waals surface area contributed by atoms with Crippen molar-refractivity contribution < 1.29 is 43.2 Å². The van der Waals surface area contributed by atoms with Crippen molar-refractivity contribution in [2.45, 2.75) is 135 Å². The monoisotopic (exact) mass is 867 g/mol. The van der Waals surface area contributed by atoms with Gasteiger partial charge in [0.1, 0.15) is 36.3 Å². The van der Waals surface area contributed by atoms with Gasteiger partial charge in [-0.25, -0.2) is 4.98 Å². The van der Waals surface area contributed by atoms with Crippen LogP contribution >= 0.6 is 11.3 Å². The van der Waals surface area contributed by atoms with Gasteiger partial charge >= 0.3 is 0 Å². The van der Waals surface area contributed by atoms with Gasteiger partial charge < -0.3 is 52.5 Å². The fourth-order valence-electron chi connectivity index (χ4n) is 6.81. The Hall–Kier alpha value is -6.12. The fraction of sp³-hybridized carbons (Fsp3) is 0.550. The van der Waals surface area contributed by atoms with Crippen molar-refractivity contribution >= 4 is 74.5 Å². The van der Waals surface area contributed by atoms with Crippen molar-refractivity contribution in [1.82, 2.24) is 51.8 Å². The molecule has 0 spiro atoms. The Morgan fingerprint density at radius 2 is 1.48 bits per heavy atom. The Labute approximate surface area is 357 Å². The second kappa shape index (κ2) is 21.9. The van der Waals surface area contributed by atoms with Gasteiger partial charge in [0, 0.05) is 61.4 Å². The standard InChI is InChI=1S/C40H57N11O9S/c1-20-15-32(53)21(2)44-36(56)23(4)47-39(59)28(48-25(6)52)9-7-8-13-51-18-33-27(12-14-61-33)31(51)11-10-29(40(60)50-30(34(41)54)16-26-17-42-19-43-26)49-38(58)24(5)46-37(57)22(3)45-35(20)55/h12,14,17-24,28-30H,7-11,13,15-16H2,1-6H3,(H2,41,54)(H,42,43)(H,44,56)(H,45,55)(H,46,57)(H,47,59)(H,48,52)(H,49,58)(H,50,60)/t20-,21+,22+,23+,24+,28+,29+,30+/m1/s1. The molecule has 1 aliphatic rings. The number of amides is 8. The molecule has 0 aromatic carbocycles. The first-order chi connectivity index (χ1) is 28.8. The molecular weight excluding hydrogens is 811 g/mol. The summed E-state index contributed by atoms with van der Waals surface area (Å²) in [5, 5.41) is 21.2. The molecule has 10 N–H and O–H groups in total. The Bertz CT molecular complexity index is 2080. The fourth-order valence-corrected chi connectivity index (χ4v) is 7.66. The number of thiophene rings is 1. The molecule has 0 bridgehead atoms. The average molecular weight is 868 g/mol. The van der Waals surface area contributed by atoms with Gasteiger partial charge in [0.15, 0.2) is 5.78 Å². The third kappa shape index (κ3) is 13.7. The maximum Gasteiger partial charge on any atom is 0.243 e. The van der Waals surface area contributed by atoms with E-state index in [9.17, 15) is 43.2 Å². The predicted molar refractivity (Wildman–Crippen MR) is 224 cm³/mol. The smallest absolute Gasteiger partial charge is 0.243 e. The number of aromatic amines is 1. The SMILES string of the molecule is CC(=O)N[C@H]1CCCCn2cc3sccc3c2CC[C@@H](C(=O)N[C@@H](Cc2cnc[nH]2)C(N)=O)NC(=O)[C@H](C)NC(=O)[C@H](C)NC(=O)[C@H](C)CC(=O)[C@H](C)NC(=O)[C@H](C)NC1=O. The molecule has 332 valence electrons. The normalized spacial score (nSPS) is 25.4. The van der Waals surface area contributed by atoms with Crippen LogP contribution in [0, 0.1) is 5.92 Å². The van der Waals surface area contributed by atoms with Crippen molar-refractivity contribution in [2.75, 3.05) is 0 Å². The maximum absolute atomic E-state index is 13.9. The van der Waals surface area contributed by atoms with E-state index in [2.05, 4.69) is 47.2 Å². The second-order valence-electron chi connectivity index (χ2n) is 15.6. The van der Waals surface area contributed by atoms with E-state index in [-0.39, 0.29) is 25.7 Å². The average Bonchev–Trinajstić information content (AvgIpc) is 3.95. The molecule has 8 atom stereocenters. The summed E-state index contributed by atoms with van der Waals surface area (Å²) < 4.78 is 3.02. The number of primary amides is 1. The summed E-state index contributed by atoms with van der Waals surface area (Å²) in [5.74, 6) is -6.59. The number of nitrogens with one attached hydrogen (secondary N) is 8. The highest BCUT2D eigenvalue weighted by molar-refractivity contribution is 7.17. The van der Waals surface area contributed by atoms with Crippen LogP contribution in [0.4, 0.5) is 0 Å². The highest BCUT2D eigenvalue weighted by atomic mass is 32.1. The zero-order valence-electron chi connectivity index (χ0n) is 35.2. The predicted octanol–water partition coefficient (Wildman–Crippen LogP) is -0.641. The minimum Gasteiger partial charge on any atom is -0.368 e. The van der Waals surface area contributed by atoms with Crippen LogP contribution in [-0.4, -0.2) is 110 Å². The summed E-state index contributed by atoms with van der Waals surface area (Å²) in [6.45, 7) is 8.98. The highest BCUT2D eigenvalue weighted by Crippen LogP contribution is 2.28. The number of rotatable bonds is 6. The van der Waals surface area contributed by atoms with Gasteiger partial charge in [0.05, 0.1) is 17.1 Å². The third-order valence-electron chi connectivity index (χ3n) is 10.5. The molecule has 4 rings (SSSR count). The lowest BCUT2D eigenvalue weighted by Gasteiger charge is -2.24. The van der Waals surface area contributed by atoms with Crippen LogP contribution in [0.2, 0.25) is 0 Å². The maximum atomic E-state index is 13.9. The van der Waals surface area contributed by atoms with Crippen LogP contribution in [-0.2, 0) is 62.5 Å². The zero-order valence-corrected chi connectivity index (χ0v) is 36.0. The number of nitrogens with zero attached hydrogens (tertiary/aromatic N) is 2. The van der Waals surface area contributed by atoms with Crippen molar-refractivity contribution in [3.8, 4) is 0 Å². The number of H-pyrrole nitrogens is 1. The van der Waals surface area contributed by atoms with Crippen LogP contribution in [0.25, 0.3) is 10.1 Å². The van der Waals surface area contributed by atoms with E-state index in [1.54, 1.807) is 0 Å². The Balaban J connectivity index is 1.62. The van der Waals surface area contributed by atoms with E-state index in [4.69, 9.17) is 5.73 Å². The number of aromatic nitrogens is 3. The lowest BCUT2D eigenvalue weighted by atomic mass is 9.99. The van der Waals surface area contributed by atoms with Gasteiger partial charge in [0.25, 0.3) is 0 Å². The summed E-state index contributed by atoms with van der Waals surface area (Å²) in [6.07, 6.45) is 6.31. The molecular formula is C40H57N11O9S. The molecule has 8 amide bonds. The van der Waals surface area contributed by atoms with Gasteiger partial charge in [-0.2, -0.15) is 0 Å². The quantitative estimate of drug-likeness (QED) is 0.151. The molecule has 1 aliphatic heterocycles. The topological polar surface area (TPSA) is 297 Å². The van der Waals surface area contributed by atoms with Gasteiger partial charge in [-0.1, -0.05) is 6.92 Å². The molecule has 61 heavy (non-hydrogen) atoms. The lowest BCUT2D eigenvalue weighted by Crippen LogP contribution is -2.57. The third-order valence-corrected chi connectivity index (χ3v) is 11.3. The van der Waals surface area contributed by atoms with Crippen molar-refractivity contribution in [2.24, 2.45) is 11.7 Å². The number of hydrogen-bond acceptors (Lipinski definition) is 11. The van der Waals surface area contributed by atoms with Crippen LogP contribution in [0.3, 0.4) is 0 Å². The van der Waals surface area contributed by atoms with Gasteiger partial charge in [-0.3, -0.25) is 43.2 Å². The molecule has 3 aromatic rings. The van der Waals surface area contributed by atoms with Crippen LogP contribution in [0.5, 0.6) is 0 Å². The molecule has 0 saturated heterocycles. The van der Waals surface area contributed by atoms with E-state index >= 15 is 0 Å². The van der Waals surface area contributed by atoms with Gasteiger partial charge in [0.2, 0.25) is 47.3 Å². The molecule has 21 heteroatoms. The van der Waals surface area contributed by atoms with E-state index < -0.39 is 101 Å². The summed E-state index contributed by atoms with van der Waals surface area (Å²) in [6, 6.07) is -5.74. The molecule has 0 fully saturated rings. The van der Waals surface area contributed by atoms with Crippen molar-refractivity contribution in [3.63, 3.8) is 0 Å². The summed E-state index contributed by atoms with van der Waals surface area (Å²) >= 11 is 1.53. The number of Topliss-reactive ketones (excluding diaryl/α,β-unsaturated/α-hetero) is 1. The molecule has 0 unspecified atom stereocenters. The first kappa shape index (κ1) is 47.6. The zero-order chi connectivity index (χ0) is 45.0. The number of carbonyl (C=O) groups excluding carboxylic acids is 9. The van der Waals surface area contributed by atoms with Crippen LogP contribution < -0.4 is 43.0 Å². The molecule has 0 saturated carbocycles. The van der Waals surface area contributed by atoms with Gasteiger partial charge in [-0.05, 0) is 71.2 Å². The van der Waals surface area contributed by atoms with Crippen molar-refractivity contribution in [3.05, 3.63) is 41.6 Å². The first-order valence-electron chi connectivity index (χ1n) is 20.3. The van der Waals surface area contributed by atoms with E-state index in [1.165, 1.54) is 65.4 Å². The number of imidazole rings is 1. The van der Waals surface area contributed by atoms with Crippen LogP contribution in [0.1, 0.15) is 85.0 Å². The van der Waals surface area contributed by atoms with E-state index in [1.807, 2.05) is 22.2 Å². The van der Waals surface area contributed by atoms with Gasteiger partial charge in [-0.15, -0.1) is 11.3 Å². The summed E-state index contributed by atoms with van der Waals surface area (Å²) in [5.41, 5.74) is 7.07. The molecule has 4 heterocycles.